The van der Waals surface area contributed by atoms with Crippen molar-refractivity contribution >= 4 is 28.8 Å². The van der Waals surface area contributed by atoms with Gasteiger partial charge in [0, 0.05) is 5.56 Å². The van der Waals surface area contributed by atoms with Crippen molar-refractivity contribution in [1.82, 2.24) is 30.0 Å². The average molecular weight is 441 g/mol. The summed E-state index contributed by atoms with van der Waals surface area (Å²) in [5.74, 6) is 0.577. The van der Waals surface area contributed by atoms with Crippen molar-refractivity contribution in [3.63, 3.8) is 0 Å². The molecule has 0 unspecified atom stereocenters. The van der Waals surface area contributed by atoms with Crippen LogP contribution >= 0.6 is 22.9 Å². The molecule has 0 radical (unpaired) electrons. The van der Waals surface area contributed by atoms with Gasteiger partial charge < -0.3 is 5.32 Å². The molecule has 3 aromatic heterocycles. The van der Waals surface area contributed by atoms with E-state index in [0.717, 1.165) is 0 Å². The first kappa shape index (κ1) is 21.4. The minimum atomic E-state index is -0.897. The van der Waals surface area contributed by atoms with Gasteiger partial charge in [-0.15, -0.1) is 5.10 Å². The summed E-state index contributed by atoms with van der Waals surface area (Å²) in [6, 6.07) is 6.66. The maximum absolute atomic E-state index is 12.9. The van der Waals surface area contributed by atoms with Gasteiger partial charge >= 0.3 is 0 Å². The number of halogens is 1. The van der Waals surface area contributed by atoms with Crippen LogP contribution in [0.5, 0.6) is 0 Å². The van der Waals surface area contributed by atoms with E-state index in [1.165, 1.54) is 28.3 Å². The molecule has 0 saturated heterocycles. The van der Waals surface area contributed by atoms with Crippen LogP contribution in [0.3, 0.4) is 0 Å². The molecule has 0 saturated carbocycles. The molecule has 3 aromatic rings. The molecular weight excluding hydrogens is 424 g/mol. The fraction of sp³-hybridized carbons (Fsp3) is 0.316. The Kier molecular flexibility index (Phi) is 5.83. The highest BCUT2D eigenvalue weighted by Crippen LogP contribution is 2.24. The molecule has 0 fully saturated rings. The molecule has 0 aliphatic rings. The standard InChI is InChI=1S/C19H17ClN8OS/c1-10(16-25-11(2)27-28(16)18-23-8-13(7-21)30-18)24-17(29)12-5-14(19(3,4)9-22)26-15(20)6-12/h5-6,8,10H,1-4H3,(H,24,29)/t10-/m0/s1. The van der Waals surface area contributed by atoms with Crippen LogP contribution in [0.4, 0.5) is 0 Å². The van der Waals surface area contributed by atoms with Gasteiger partial charge in [0.05, 0.1) is 29.4 Å². The van der Waals surface area contributed by atoms with Crippen molar-refractivity contribution in [2.45, 2.75) is 39.2 Å². The van der Waals surface area contributed by atoms with Crippen LogP contribution in [0.25, 0.3) is 5.13 Å². The summed E-state index contributed by atoms with van der Waals surface area (Å²) in [5.41, 5.74) is -0.211. The Morgan fingerprint density at radius 3 is 2.70 bits per heavy atom. The number of rotatable bonds is 5. The molecule has 0 aliphatic heterocycles. The minimum absolute atomic E-state index is 0.124. The number of nitrogens with one attached hydrogen (secondary N) is 1. The summed E-state index contributed by atoms with van der Waals surface area (Å²) in [5, 5.41) is 26.2. The van der Waals surface area contributed by atoms with Crippen LogP contribution in [0.2, 0.25) is 5.15 Å². The van der Waals surface area contributed by atoms with E-state index in [-0.39, 0.29) is 10.7 Å². The number of hydrogen-bond donors (Lipinski definition) is 1. The van der Waals surface area contributed by atoms with Crippen molar-refractivity contribution < 1.29 is 4.79 Å². The first-order valence-electron chi connectivity index (χ1n) is 8.84. The maximum atomic E-state index is 12.9. The summed E-state index contributed by atoms with van der Waals surface area (Å²) in [6.45, 7) is 6.89. The zero-order valence-electron chi connectivity index (χ0n) is 16.6. The van der Waals surface area contributed by atoms with E-state index < -0.39 is 17.4 Å². The minimum Gasteiger partial charge on any atom is -0.342 e. The molecule has 0 aromatic carbocycles. The van der Waals surface area contributed by atoms with Crippen molar-refractivity contribution in [2.75, 3.05) is 0 Å². The Morgan fingerprint density at radius 1 is 1.33 bits per heavy atom. The highest BCUT2D eigenvalue weighted by molar-refractivity contribution is 7.14. The van der Waals surface area contributed by atoms with Crippen molar-refractivity contribution in [3.05, 3.63) is 51.3 Å². The van der Waals surface area contributed by atoms with Crippen LogP contribution in [-0.4, -0.2) is 30.6 Å². The van der Waals surface area contributed by atoms with Gasteiger partial charge in [0.2, 0.25) is 5.13 Å². The summed E-state index contributed by atoms with van der Waals surface area (Å²) in [7, 11) is 0. The number of hydrogen-bond acceptors (Lipinski definition) is 8. The number of pyridine rings is 1. The fourth-order valence-corrected chi connectivity index (χ4v) is 3.50. The van der Waals surface area contributed by atoms with Gasteiger partial charge in [-0.2, -0.15) is 15.2 Å². The van der Waals surface area contributed by atoms with E-state index in [0.29, 0.717) is 27.4 Å². The molecule has 9 nitrogen and oxygen atoms in total. The average Bonchev–Trinajstić information content (AvgIpc) is 3.33. The van der Waals surface area contributed by atoms with Crippen LogP contribution in [0.1, 0.15) is 59.4 Å². The largest absolute Gasteiger partial charge is 0.342 e. The van der Waals surface area contributed by atoms with E-state index in [9.17, 15) is 10.1 Å². The smallest absolute Gasteiger partial charge is 0.252 e. The Bertz CT molecular complexity index is 1200. The second-order valence-corrected chi connectivity index (χ2v) is 8.44. The number of aryl methyl sites for hydroxylation is 1. The molecule has 0 aliphatic carbocycles. The first-order valence-corrected chi connectivity index (χ1v) is 10.0. The summed E-state index contributed by atoms with van der Waals surface area (Å²) >= 11 is 7.25. The molecule has 30 heavy (non-hydrogen) atoms. The van der Waals surface area contributed by atoms with Crippen molar-refractivity contribution in [3.8, 4) is 17.3 Å². The SMILES string of the molecule is Cc1nc([C@H](C)NC(=O)c2cc(Cl)nc(C(C)(C)C#N)c2)n(-c2ncc(C#N)s2)n1. The maximum Gasteiger partial charge on any atom is 0.252 e. The molecule has 0 bridgehead atoms. The van der Waals surface area contributed by atoms with Crippen LogP contribution < -0.4 is 5.32 Å². The predicted octanol–water partition coefficient (Wildman–Crippen LogP) is 3.24. The zero-order valence-corrected chi connectivity index (χ0v) is 18.2. The fourth-order valence-electron chi connectivity index (χ4n) is 2.62. The van der Waals surface area contributed by atoms with Gasteiger partial charge in [0.15, 0.2) is 5.82 Å². The third kappa shape index (κ3) is 4.30. The monoisotopic (exact) mass is 440 g/mol. The molecular formula is C19H17ClN8OS. The number of nitriles is 2. The van der Waals surface area contributed by atoms with Gasteiger partial charge in [0.1, 0.15) is 21.9 Å². The first-order chi connectivity index (χ1) is 14.1. The quantitative estimate of drug-likeness (QED) is 0.602. The van der Waals surface area contributed by atoms with Gasteiger partial charge in [-0.25, -0.2) is 15.0 Å². The van der Waals surface area contributed by atoms with E-state index in [2.05, 4.69) is 31.4 Å². The number of carbonyl (C=O) groups excluding carboxylic acids is 1. The lowest BCUT2D eigenvalue weighted by atomic mass is 9.90. The normalized spacial score (nSPS) is 12.1. The van der Waals surface area contributed by atoms with E-state index >= 15 is 0 Å². The third-order valence-corrected chi connectivity index (χ3v) is 5.31. The number of carbonyl (C=O) groups is 1. The molecule has 3 rings (SSSR count). The lowest BCUT2D eigenvalue weighted by Crippen LogP contribution is -2.29. The molecule has 3 heterocycles. The van der Waals surface area contributed by atoms with Gasteiger partial charge in [-0.1, -0.05) is 22.9 Å². The molecule has 1 amide bonds. The van der Waals surface area contributed by atoms with Gasteiger partial charge in [-0.3, -0.25) is 4.79 Å². The topological polar surface area (TPSA) is 133 Å². The Labute approximate surface area is 182 Å². The Hall–Kier alpha value is -3.34. The molecule has 11 heteroatoms. The van der Waals surface area contributed by atoms with Crippen molar-refractivity contribution in [2.24, 2.45) is 0 Å². The van der Waals surface area contributed by atoms with Crippen LogP contribution in [0, 0.1) is 29.6 Å². The lowest BCUT2D eigenvalue weighted by molar-refractivity contribution is 0.0937. The number of amides is 1. The second kappa shape index (κ2) is 8.19. The number of nitrogens with zero attached hydrogens (tertiary/aromatic N) is 7. The molecule has 1 atom stereocenters. The van der Waals surface area contributed by atoms with E-state index in [1.807, 2.05) is 6.07 Å². The summed E-state index contributed by atoms with van der Waals surface area (Å²) in [4.78, 5) is 26.1. The molecule has 152 valence electrons. The second-order valence-electron chi connectivity index (χ2n) is 7.04. The van der Waals surface area contributed by atoms with E-state index in [4.69, 9.17) is 16.9 Å². The summed E-state index contributed by atoms with van der Waals surface area (Å²) < 4.78 is 1.51. The highest BCUT2D eigenvalue weighted by Gasteiger charge is 2.25. The molecule has 0 spiro atoms. The van der Waals surface area contributed by atoms with Crippen LogP contribution in [0.15, 0.2) is 18.3 Å². The third-order valence-electron chi connectivity index (χ3n) is 4.23. The van der Waals surface area contributed by atoms with Gasteiger partial charge in [-0.05, 0) is 39.8 Å². The number of aromatic nitrogens is 5. The summed E-state index contributed by atoms with van der Waals surface area (Å²) in [6.07, 6.45) is 1.46. The lowest BCUT2D eigenvalue weighted by Gasteiger charge is -2.17. The molecule has 1 N–H and O–H groups in total. The predicted molar refractivity (Wildman–Crippen MR) is 110 cm³/mol. The van der Waals surface area contributed by atoms with Crippen LogP contribution in [-0.2, 0) is 5.41 Å². The number of thiazole rings is 1. The highest BCUT2D eigenvalue weighted by atomic mass is 35.5. The van der Waals surface area contributed by atoms with E-state index in [1.54, 1.807) is 33.8 Å². The Morgan fingerprint density at radius 2 is 2.07 bits per heavy atom. The van der Waals surface area contributed by atoms with Crippen molar-refractivity contribution in [1.29, 1.82) is 10.5 Å². The zero-order chi connectivity index (χ0) is 22.1. The van der Waals surface area contributed by atoms with Gasteiger partial charge in [0.25, 0.3) is 5.91 Å². The Balaban J connectivity index is 1.89.